The van der Waals surface area contributed by atoms with Crippen LogP contribution in [0.3, 0.4) is 0 Å². The zero-order chi connectivity index (χ0) is 10.7. The Balaban J connectivity index is 3.35. The van der Waals surface area contributed by atoms with Crippen LogP contribution in [-0.2, 0) is 0 Å². The van der Waals surface area contributed by atoms with Gasteiger partial charge in [0, 0.05) is 11.5 Å². The molecule has 1 aromatic carbocycles. The molecule has 0 aromatic heterocycles. The number of hydrogen-bond acceptors (Lipinski definition) is 2. The van der Waals surface area contributed by atoms with E-state index in [2.05, 4.69) is 22.5 Å². The minimum absolute atomic E-state index is 0.0205. The average molecular weight is 256 g/mol. The molecule has 4 heteroatoms. The summed E-state index contributed by atoms with van der Waals surface area (Å²) in [6.07, 6.45) is 1.69. The summed E-state index contributed by atoms with van der Waals surface area (Å²) in [6.45, 7) is 5.51. The van der Waals surface area contributed by atoms with Crippen LogP contribution >= 0.6 is 15.9 Å². The van der Waals surface area contributed by atoms with Crippen molar-refractivity contribution >= 4 is 21.6 Å². The fourth-order valence-corrected chi connectivity index (χ4v) is 1.75. The predicted octanol–water partition coefficient (Wildman–Crippen LogP) is 3.65. The summed E-state index contributed by atoms with van der Waals surface area (Å²) in [5, 5.41) is 10.8. The molecule has 1 atom stereocenters. The molecule has 0 radical (unpaired) electrons. The molecule has 0 amide bonds. The van der Waals surface area contributed by atoms with Gasteiger partial charge in [0.1, 0.15) is 0 Å². The van der Waals surface area contributed by atoms with E-state index in [1.165, 1.54) is 0 Å². The largest absolute Gasteiger partial charge is 0.287 e. The quantitative estimate of drug-likeness (QED) is 0.470. The van der Waals surface area contributed by atoms with Crippen molar-refractivity contribution in [3.8, 4) is 0 Å². The van der Waals surface area contributed by atoms with Crippen molar-refractivity contribution in [2.45, 2.75) is 12.8 Å². The number of hydrogen-bond donors (Lipinski definition) is 0. The fraction of sp³-hybridized carbons (Fsp3) is 0.200. The van der Waals surface area contributed by atoms with Crippen LogP contribution in [0.5, 0.6) is 0 Å². The Labute approximate surface area is 90.7 Å². The van der Waals surface area contributed by atoms with Crippen molar-refractivity contribution in [3.63, 3.8) is 0 Å². The highest BCUT2D eigenvalue weighted by Crippen LogP contribution is 2.33. The molecule has 0 spiro atoms. The van der Waals surface area contributed by atoms with E-state index in [1.54, 1.807) is 24.3 Å². The van der Waals surface area contributed by atoms with Gasteiger partial charge in [-0.1, -0.05) is 25.1 Å². The van der Waals surface area contributed by atoms with Crippen LogP contribution in [0.2, 0.25) is 0 Å². The van der Waals surface area contributed by atoms with Gasteiger partial charge in [0.25, 0.3) is 5.69 Å². The Bertz CT molecular complexity index is 376. The number of rotatable bonds is 3. The number of nitro groups is 1. The number of nitro benzene ring substituents is 1. The monoisotopic (exact) mass is 255 g/mol. The molecule has 0 aliphatic carbocycles. The molecule has 74 valence electrons. The molecule has 0 heterocycles. The first-order chi connectivity index (χ1) is 6.57. The second-order valence-electron chi connectivity index (χ2n) is 2.96. The minimum Gasteiger partial charge on any atom is -0.258 e. The topological polar surface area (TPSA) is 43.1 Å². The molecular weight excluding hydrogens is 246 g/mol. The van der Waals surface area contributed by atoms with Gasteiger partial charge in [0.15, 0.2) is 0 Å². The molecule has 0 fully saturated rings. The van der Waals surface area contributed by atoms with Gasteiger partial charge in [-0.3, -0.25) is 10.1 Å². The summed E-state index contributed by atoms with van der Waals surface area (Å²) in [7, 11) is 0. The van der Waals surface area contributed by atoms with Crippen LogP contribution < -0.4 is 0 Å². The van der Waals surface area contributed by atoms with Crippen LogP contribution in [0, 0.1) is 10.1 Å². The lowest BCUT2D eigenvalue weighted by Crippen LogP contribution is -1.98. The van der Waals surface area contributed by atoms with E-state index in [4.69, 9.17) is 0 Å². The number of allylic oxidation sites excluding steroid dienone is 1. The smallest absolute Gasteiger partial charge is 0.258 e. The van der Waals surface area contributed by atoms with E-state index in [0.29, 0.717) is 10.0 Å². The van der Waals surface area contributed by atoms with Gasteiger partial charge in [-0.15, -0.1) is 6.58 Å². The molecule has 3 nitrogen and oxygen atoms in total. The molecule has 14 heavy (non-hydrogen) atoms. The molecule has 1 aromatic rings. The van der Waals surface area contributed by atoms with Gasteiger partial charge >= 0.3 is 0 Å². The van der Waals surface area contributed by atoms with Crippen LogP contribution in [0.15, 0.2) is 35.3 Å². The number of benzene rings is 1. The van der Waals surface area contributed by atoms with E-state index >= 15 is 0 Å². The third-order valence-corrected chi connectivity index (χ3v) is 2.68. The summed E-state index contributed by atoms with van der Waals surface area (Å²) in [6, 6.07) is 5.19. The molecule has 0 saturated heterocycles. The minimum atomic E-state index is -0.376. The highest BCUT2D eigenvalue weighted by molar-refractivity contribution is 9.10. The van der Waals surface area contributed by atoms with Gasteiger partial charge in [0.05, 0.1) is 9.40 Å². The Kier molecular flexibility index (Phi) is 3.41. The summed E-state index contributed by atoms with van der Waals surface area (Å²) < 4.78 is 0.508. The maximum Gasteiger partial charge on any atom is 0.287 e. The van der Waals surface area contributed by atoms with Crippen LogP contribution in [0.4, 0.5) is 5.69 Å². The summed E-state index contributed by atoms with van der Waals surface area (Å²) in [4.78, 5) is 10.4. The Morgan fingerprint density at radius 1 is 1.64 bits per heavy atom. The maximum absolute atomic E-state index is 10.8. The summed E-state index contributed by atoms with van der Waals surface area (Å²) in [5.41, 5.74) is 0.805. The molecule has 0 aliphatic heterocycles. The van der Waals surface area contributed by atoms with Crippen molar-refractivity contribution in [2.75, 3.05) is 0 Å². The zero-order valence-corrected chi connectivity index (χ0v) is 9.32. The van der Waals surface area contributed by atoms with E-state index in [9.17, 15) is 10.1 Å². The van der Waals surface area contributed by atoms with E-state index in [1.807, 2.05) is 6.92 Å². The van der Waals surface area contributed by atoms with Gasteiger partial charge in [-0.2, -0.15) is 0 Å². The lowest BCUT2D eigenvalue weighted by atomic mass is 10.00. The van der Waals surface area contributed by atoms with Crippen LogP contribution in [0.1, 0.15) is 18.4 Å². The third kappa shape index (κ3) is 2.01. The maximum atomic E-state index is 10.8. The SMILES string of the molecule is C=CC(C)c1cccc(Br)c1[N+](=O)[O-]. The first kappa shape index (κ1) is 10.9. The number of nitrogens with zero attached hydrogens (tertiary/aromatic N) is 1. The average Bonchev–Trinajstić information content (AvgIpc) is 2.15. The van der Waals surface area contributed by atoms with Gasteiger partial charge in [0.2, 0.25) is 0 Å². The first-order valence-corrected chi connectivity index (χ1v) is 4.92. The molecule has 0 saturated carbocycles. The normalized spacial score (nSPS) is 12.1. The van der Waals surface area contributed by atoms with Crippen molar-refractivity contribution in [2.24, 2.45) is 0 Å². The Hall–Kier alpha value is -1.16. The fourth-order valence-electron chi connectivity index (χ4n) is 1.22. The second kappa shape index (κ2) is 4.37. The molecular formula is C10H10BrNO2. The van der Waals surface area contributed by atoms with Crippen LogP contribution in [0.25, 0.3) is 0 Å². The van der Waals surface area contributed by atoms with Crippen molar-refractivity contribution in [1.82, 2.24) is 0 Å². The second-order valence-corrected chi connectivity index (χ2v) is 3.81. The number of para-hydroxylation sites is 1. The first-order valence-electron chi connectivity index (χ1n) is 4.13. The molecule has 0 bridgehead atoms. The molecule has 0 N–H and O–H groups in total. The molecule has 1 rings (SSSR count). The lowest BCUT2D eigenvalue weighted by Gasteiger charge is -2.07. The van der Waals surface area contributed by atoms with Gasteiger partial charge in [-0.25, -0.2) is 0 Å². The molecule has 1 unspecified atom stereocenters. The Morgan fingerprint density at radius 3 is 2.79 bits per heavy atom. The summed E-state index contributed by atoms with van der Waals surface area (Å²) >= 11 is 3.17. The van der Waals surface area contributed by atoms with Crippen molar-refractivity contribution < 1.29 is 4.92 Å². The van der Waals surface area contributed by atoms with Gasteiger partial charge in [-0.05, 0) is 22.0 Å². The predicted molar refractivity (Wildman–Crippen MR) is 59.4 cm³/mol. The van der Waals surface area contributed by atoms with Crippen LogP contribution in [-0.4, -0.2) is 4.92 Å². The highest BCUT2D eigenvalue weighted by Gasteiger charge is 2.20. The van der Waals surface area contributed by atoms with E-state index < -0.39 is 0 Å². The van der Waals surface area contributed by atoms with E-state index in [0.717, 1.165) is 0 Å². The molecule has 0 aliphatic rings. The zero-order valence-electron chi connectivity index (χ0n) is 7.74. The lowest BCUT2D eigenvalue weighted by molar-refractivity contribution is -0.386. The van der Waals surface area contributed by atoms with Crippen molar-refractivity contribution in [1.29, 1.82) is 0 Å². The standard InChI is InChI=1S/C10H10BrNO2/c1-3-7(2)8-5-4-6-9(11)10(8)12(13)14/h3-7H,1H2,2H3. The summed E-state index contributed by atoms with van der Waals surface area (Å²) in [5.74, 6) is -0.0205. The van der Waals surface area contributed by atoms with Gasteiger partial charge < -0.3 is 0 Å². The highest BCUT2D eigenvalue weighted by atomic mass is 79.9. The third-order valence-electron chi connectivity index (χ3n) is 2.04. The van der Waals surface area contributed by atoms with E-state index in [-0.39, 0.29) is 16.5 Å². The Morgan fingerprint density at radius 2 is 2.29 bits per heavy atom. The van der Waals surface area contributed by atoms with Crippen molar-refractivity contribution in [3.05, 3.63) is 51.0 Å². The number of halogens is 1.